The molecule has 1 aliphatic heterocycles. The van der Waals surface area contributed by atoms with Gasteiger partial charge in [-0.25, -0.2) is 0 Å². The van der Waals surface area contributed by atoms with Crippen molar-refractivity contribution in [3.63, 3.8) is 0 Å². The van der Waals surface area contributed by atoms with Gasteiger partial charge in [0.25, 0.3) is 0 Å². The fourth-order valence-corrected chi connectivity index (χ4v) is 6.05. The van der Waals surface area contributed by atoms with Crippen molar-refractivity contribution in [3.8, 4) is 17.2 Å². The number of aliphatic hydroxyl groups is 3. The van der Waals surface area contributed by atoms with Crippen LogP contribution in [0.1, 0.15) is 68.8 Å². The summed E-state index contributed by atoms with van der Waals surface area (Å²) in [6, 6.07) is 3.74. The van der Waals surface area contributed by atoms with Gasteiger partial charge in [-0.1, -0.05) is 18.7 Å². The average Bonchev–Trinajstić information content (AvgIpc) is 2.99. The Balaban J connectivity index is 0.00000113. The van der Waals surface area contributed by atoms with Crippen LogP contribution in [0.4, 0.5) is 0 Å². The minimum absolute atomic E-state index is 0.0187. The Morgan fingerprint density at radius 3 is 2.43 bits per heavy atom. The van der Waals surface area contributed by atoms with Crippen LogP contribution in [0.3, 0.4) is 0 Å². The number of rotatable bonds is 7. The monoisotopic (exact) mass is 1020 g/mol. The van der Waals surface area contributed by atoms with Gasteiger partial charge in [-0.15, -0.1) is 0 Å². The molecule has 17 heteroatoms. The quantitative estimate of drug-likeness (QED) is 0.0599. The SMILES string of the molecule is [CH2-]CN/N=C(\CO)C1(O)Cc2c(O)c3c(c(O)c2C(OC2CC(N)C(O)C(C)O2)C1)C(=O)c1c(OC)cccc1C3=O.[I][Co]([I])[I]. The van der Waals surface area contributed by atoms with Crippen LogP contribution in [0.2, 0.25) is 0 Å². The molecule has 2 aromatic rings. The number of halogens is 3. The first-order valence-electron chi connectivity index (χ1n) is 13.9. The number of nitrogens with zero attached hydrogens (tertiary/aromatic N) is 1. The molecule has 0 spiro atoms. The van der Waals surface area contributed by atoms with E-state index in [0.717, 1.165) is 0 Å². The molecule has 6 atom stereocenters. The first-order chi connectivity index (χ1) is 21.7. The molecule has 8 N–H and O–H groups in total. The van der Waals surface area contributed by atoms with Gasteiger partial charge < -0.3 is 57.8 Å². The standard InChI is InChI=1S/C29H34N3O10.Co.3HI/c1-4-31-32-18(11-33)29(39)9-14-21(17(10-29)42-19-8-15(30)24(34)12(2)41-19)28(38)23-22(26(14)36)25(35)13-6-5-7-16(40-3)20(13)27(23)37;;;;/h5-7,12,15,17,19,24,31,33-34,36,38-39H,1,4,8-11,30H2,2-3H3;;3*1H/q-1;+3;;;/p-3/b32-18+;;;;. The number of carbonyl (C=O) groups is 2. The number of hydrogen-bond acceptors (Lipinski definition) is 13. The molecule has 0 amide bonds. The average molecular weight is 1020 g/mol. The first kappa shape index (κ1) is 37.9. The van der Waals surface area contributed by atoms with E-state index < -0.39 is 77.0 Å². The third kappa shape index (κ3) is 7.48. The van der Waals surface area contributed by atoms with Crippen LogP contribution in [0.25, 0.3) is 0 Å². The van der Waals surface area contributed by atoms with Crippen LogP contribution in [0, 0.1) is 6.92 Å². The van der Waals surface area contributed by atoms with E-state index in [1.807, 2.05) is 0 Å². The van der Waals surface area contributed by atoms with Crippen molar-refractivity contribution >= 4 is 78.5 Å². The van der Waals surface area contributed by atoms with E-state index in [9.17, 15) is 35.1 Å². The number of ether oxygens (including phenoxy) is 3. The molecule has 3 aliphatic rings. The number of methoxy groups -OCH3 is 1. The number of carbonyl (C=O) groups excluding carboxylic acids is 2. The third-order valence-electron chi connectivity index (χ3n) is 8.16. The number of hydrazone groups is 1. The number of benzene rings is 2. The molecule has 0 bridgehead atoms. The number of phenols is 2. The maximum absolute atomic E-state index is 13.8. The van der Waals surface area contributed by atoms with Crippen LogP contribution in [-0.4, -0.2) is 93.2 Å². The molecule has 46 heavy (non-hydrogen) atoms. The molecular formula is C29H34CoI3N3O10-. The van der Waals surface area contributed by atoms with Crippen molar-refractivity contribution < 1.29 is 53.3 Å². The summed E-state index contributed by atoms with van der Waals surface area (Å²) in [6.07, 6.45) is -4.54. The summed E-state index contributed by atoms with van der Waals surface area (Å²) in [5, 5.41) is 59.4. The van der Waals surface area contributed by atoms with E-state index in [0.29, 0.717) is 4.00 Å². The van der Waals surface area contributed by atoms with E-state index in [-0.39, 0.29) is 59.5 Å². The summed E-state index contributed by atoms with van der Waals surface area (Å²) < 4.78 is 17.6. The Morgan fingerprint density at radius 1 is 1.20 bits per heavy atom. The molecule has 2 aliphatic carbocycles. The zero-order valence-corrected chi connectivity index (χ0v) is 32.1. The number of hydrogen-bond donors (Lipinski definition) is 7. The fourth-order valence-electron chi connectivity index (χ4n) is 6.05. The number of ketones is 2. The summed E-state index contributed by atoms with van der Waals surface area (Å²) in [5.74, 6) is -2.57. The molecular weight excluding hydrogens is 990 g/mol. The van der Waals surface area contributed by atoms with Crippen molar-refractivity contribution in [2.75, 3.05) is 20.3 Å². The van der Waals surface area contributed by atoms with Gasteiger partial charge in [0.1, 0.15) is 22.8 Å². The molecule has 1 fully saturated rings. The molecule has 0 saturated carbocycles. The molecule has 0 aromatic heterocycles. The van der Waals surface area contributed by atoms with Crippen molar-refractivity contribution in [3.05, 3.63) is 58.5 Å². The molecule has 0 radical (unpaired) electrons. The molecule has 2 aromatic carbocycles. The van der Waals surface area contributed by atoms with Gasteiger partial charge in [0, 0.05) is 42.0 Å². The zero-order valence-electron chi connectivity index (χ0n) is 24.6. The predicted octanol–water partition coefficient (Wildman–Crippen LogP) is 2.87. The van der Waals surface area contributed by atoms with Crippen molar-refractivity contribution in [1.82, 2.24) is 5.43 Å². The number of nitrogens with two attached hydrogens (primary N) is 1. The van der Waals surface area contributed by atoms with E-state index >= 15 is 0 Å². The molecule has 1 heterocycles. The van der Waals surface area contributed by atoms with Gasteiger partial charge in [0.05, 0.1) is 54.4 Å². The van der Waals surface area contributed by atoms with Gasteiger partial charge in [-0.2, -0.15) is 5.10 Å². The topological polar surface area (TPSA) is 213 Å². The minimum atomic E-state index is -1.93. The Labute approximate surface area is 303 Å². The number of nitrogens with one attached hydrogen (secondary N) is 1. The van der Waals surface area contributed by atoms with Crippen LogP contribution in [0.15, 0.2) is 23.3 Å². The number of aromatic hydroxyl groups is 2. The van der Waals surface area contributed by atoms with E-state index in [1.54, 1.807) is 6.92 Å². The number of aliphatic hydroxyl groups excluding tert-OH is 2. The Bertz CT molecular complexity index is 1520. The summed E-state index contributed by atoms with van der Waals surface area (Å²) in [4.78, 5) is 27.4. The third-order valence-corrected chi connectivity index (χ3v) is 8.16. The van der Waals surface area contributed by atoms with Gasteiger partial charge in [-0.05, 0) is 13.0 Å². The van der Waals surface area contributed by atoms with Crippen LogP contribution >= 0.6 is 61.2 Å². The maximum atomic E-state index is 13.8. The summed E-state index contributed by atoms with van der Waals surface area (Å²) in [6.45, 7) is 4.70. The number of fused-ring (bicyclic) bond motifs is 3. The fraction of sp³-hybridized carbons (Fsp3) is 0.448. The Kier molecular flexibility index (Phi) is 13.0. The predicted molar refractivity (Wildman–Crippen MR) is 190 cm³/mol. The van der Waals surface area contributed by atoms with Gasteiger partial charge in [0.15, 0.2) is 12.1 Å². The van der Waals surface area contributed by atoms with E-state index in [1.165, 1.54) is 25.3 Å². The second-order valence-electron chi connectivity index (χ2n) is 10.8. The van der Waals surface area contributed by atoms with Crippen LogP contribution < -0.4 is 15.9 Å². The summed E-state index contributed by atoms with van der Waals surface area (Å²) >= 11 is 7.14. The number of phenolic OH excluding ortho intramolecular Hbond substituents is 2. The van der Waals surface area contributed by atoms with Crippen molar-refractivity contribution in [2.45, 2.75) is 62.4 Å². The van der Waals surface area contributed by atoms with E-state index in [2.05, 4.69) is 78.7 Å². The first-order valence-corrected chi connectivity index (χ1v) is 24.0. The zero-order chi connectivity index (χ0) is 34.1. The van der Waals surface area contributed by atoms with Gasteiger partial charge in [-0.3, -0.25) is 9.59 Å². The molecule has 6 unspecified atom stereocenters. The summed E-state index contributed by atoms with van der Waals surface area (Å²) in [7, 11) is 1.34. The second kappa shape index (κ2) is 15.8. The van der Waals surface area contributed by atoms with Gasteiger partial charge >= 0.3 is 65.3 Å². The van der Waals surface area contributed by atoms with Crippen LogP contribution in [0.5, 0.6) is 17.2 Å². The molecule has 5 rings (SSSR count). The van der Waals surface area contributed by atoms with Crippen molar-refractivity contribution in [2.24, 2.45) is 10.8 Å². The molecule has 13 nitrogen and oxygen atoms in total. The normalized spacial score (nSPS) is 27.5. The van der Waals surface area contributed by atoms with E-state index in [4.69, 9.17) is 19.9 Å². The Morgan fingerprint density at radius 2 is 1.85 bits per heavy atom. The summed E-state index contributed by atoms with van der Waals surface area (Å²) in [5.41, 5.74) is 5.60. The van der Waals surface area contributed by atoms with Gasteiger partial charge in [0.2, 0.25) is 5.78 Å². The van der Waals surface area contributed by atoms with Crippen LogP contribution in [-0.2, 0) is 19.9 Å². The molecule has 256 valence electrons. The second-order valence-corrected chi connectivity index (χ2v) is 37.2. The van der Waals surface area contributed by atoms with Crippen molar-refractivity contribution in [1.29, 1.82) is 0 Å². The Hall–Kier alpha value is -0.894. The molecule has 1 saturated heterocycles.